The number of allylic oxidation sites excluding steroid dienone is 4. The Kier molecular flexibility index (Phi) is 6.16. The summed E-state index contributed by atoms with van der Waals surface area (Å²) < 4.78 is 0.833. The van der Waals surface area contributed by atoms with Crippen LogP contribution in [0.4, 0.5) is 0 Å². The first kappa shape index (κ1) is 21.3. The highest BCUT2D eigenvalue weighted by Gasteiger charge is 2.43. The average molecular weight is 473 g/mol. The lowest BCUT2D eigenvalue weighted by molar-refractivity contribution is -0.117. The summed E-state index contributed by atoms with van der Waals surface area (Å²) in [6.07, 6.45) is 5.36. The third-order valence-corrected chi connectivity index (χ3v) is 6.87. The number of carbonyl (C=O) groups excluding carboxylic acids is 2. The first-order valence-corrected chi connectivity index (χ1v) is 11.6. The summed E-state index contributed by atoms with van der Waals surface area (Å²) in [6, 6.07) is 5.29. The zero-order chi connectivity index (χ0) is 21.4. The van der Waals surface area contributed by atoms with Gasteiger partial charge in [-0.05, 0) is 70.9 Å². The van der Waals surface area contributed by atoms with Crippen LogP contribution in [-0.2, 0) is 9.59 Å². The number of halogens is 1. The number of carbonyl (C=O) groups is 2. The van der Waals surface area contributed by atoms with Gasteiger partial charge in [0.2, 0.25) is 0 Å². The van der Waals surface area contributed by atoms with Crippen molar-refractivity contribution in [1.29, 1.82) is 0 Å². The second kappa shape index (κ2) is 8.67. The van der Waals surface area contributed by atoms with E-state index in [4.69, 9.17) is 0 Å². The molecule has 0 unspecified atom stereocenters. The molecule has 5 nitrogen and oxygen atoms in total. The highest BCUT2D eigenvalue weighted by molar-refractivity contribution is 9.10. The normalized spacial score (nSPS) is 20.2. The third kappa shape index (κ3) is 3.87. The predicted octanol–water partition coefficient (Wildman–Crippen LogP) is 4.52. The largest absolute Gasteiger partial charge is 0.508 e. The Bertz CT molecular complexity index is 904. The fraction of sp³-hybridized carbons (Fsp3) is 0.500. The first-order chi connectivity index (χ1) is 14.4. The minimum absolute atomic E-state index is 0.114. The lowest BCUT2D eigenvalue weighted by Crippen LogP contribution is -2.40. The van der Waals surface area contributed by atoms with Gasteiger partial charge in [-0.3, -0.25) is 9.59 Å². The Hall–Kier alpha value is -1.92. The van der Waals surface area contributed by atoms with Gasteiger partial charge in [-0.15, -0.1) is 0 Å². The molecule has 30 heavy (non-hydrogen) atoms. The Morgan fingerprint density at radius 2 is 1.63 bits per heavy atom. The van der Waals surface area contributed by atoms with Gasteiger partial charge >= 0.3 is 0 Å². The van der Waals surface area contributed by atoms with Crippen molar-refractivity contribution >= 4 is 27.5 Å². The van der Waals surface area contributed by atoms with Crippen LogP contribution in [0.25, 0.3) is 0 Å². The standard InChI is InChI=1S/C24H29BrN2O3/c1-26(2)12-5-13-27-17-6-3-8-20(29)23(17)22(16-14-15(25)10-11-19(16)28)24-18(27)7-4-9-21(24)30/h10-11,14,22,28H,3-9,12-13H2,1-2H3. The van der Waals surface area contributed by atoms with E-state index in [1.165, 1.54) is 0 Å². The minimum Gasteiger partial charge on any atom is -0.508 e. The van der Waals surface area contributed by atoms with E-state index in [1.807, 2.05) is 6.07 Å². The molecule has 3 aliphatic rings. The summed E-state index contributed by atoms with van der Waals surface area (Å²) in [7, 11) is 4.12. The Labute approximate surface area is 186 Å². The van der Waals surface area contributed by atoms with Crippen molar-refractivity contribution in [2.45, 2.75) is 50.9 Å². The van der Waals surface area contributed by atoms with Gasteiger partial charge < -0.3 is 14.9 Å². The van der Waals surface area contributed by atoms with Gasteiger partial charge in [0.15, 0.2) is 11.6 Å². The number of hydrogen-bond donors (Lipinski definition) is 1. The van der Waals surface area contributed by atoms with E-state index in [0.717, 1.165) is 72.2 Å². The SMILES string of the molecule is CN(C)CCCN1C2=C(C(=O)CCC2)C(c2cc(Br)ccc2O)C2=C1CCCC2=O. The van der Waals surface area contributed by atoms with Crippen molar-refractivity contribution in [3.8, 4) is 5.75 Å². The minimum atomic E-state index is -0.460. The quantitative estimate of drug-likeness (QED) is 0.682. The second-order valence-corrected chi connectivity index (χ2v) is 9.63. The second-order valence-electron chi connectivity index (χ2n) is 8.72. The van der Waals surface area contributed by atoms with Crippen LogP contribution >= 0.6 is 15.9 Å². The van der Waals surface area contributed by atoms with E-state index in [0.29, 0.717) is 18.4 Å². The van der Waals surface area contributed by atoms with Crippen molar-refractivity contribution in [3.63, 3.8) is 0 Å². The van der Waals surface area contributed by atoms with Crippen LogP contribution in [0.3, 0.4) is 0 Å². The fourth-order valence-corrected chi connectivity index (χ4v) is 5.48. The lowest BCUT2D eigenvalue weighted by atomic mass is 9.70. The van der Waals surface area contributed by atoms with E-state index in [1.54, 1.807) is 12.1 Å². The monoisotopic (exact) mass is 472 g/mol. The van der Waals surface area contributed by atoms with Gasteiger partial charge in [0.05, 0.1) is 0 Å². The van der Waals surface area contributed by atoms with Crippen molar-refractivity contribution in [2.75, 3.05) is 27.2 Å². The number of rotatable bonds is 5. The molecule has 0 atom stereocenters. The maximum absolute atomic E-state index is 13.2. The average Bonchev–Trinajstić information content (AvgIpc) is 2.70. The van der Waals surface area contributed by atoms with Crippen LogP contribution in [0, 0.1) is 0 Å². The molecule has 0 saturated heterocycles. The molecule has 160 valence electrons. The van der Waals surface area contributed by atoms with E-state index in [-0.39, 0.29) is 17.3 Å². The first-order valence-electron chi connectivity index (χ1n) is 10.8. The molecule has 1 N–H and O–H groups in total. The zero-order valence-electron chi connectivity index (χ0n) is 17.7. The summed E-state index contributed by atoms with van der Waals surface area (Å²) in [6.45, 7) is 1.77. The molecule has 0 bridgehead atoms. The van der Waals surface area contributed by atoms with E-state index in [9.17, 15) is 14.7 Å². The highest BCUT2D eigenvalue weighted by atomic mass is 79.9. The number of aromatic hydroxyl groups is 1. The number of nitrogens with zero attached hydrogens (tertiary/aromatic N) is 2. The topological polar surface area (TPSA) is 60.9 Å². The zero-order valence-corrected chi connectivity index (χ0v) is 19.3. The molecule has 0 amide bonds. The number of benzene rings is 1. The number of hydrogen-bond acceptors (Lipinski definition) is 5. The van der Waals surface area contributed by atoms with Gasteiger partial charge in [-0.2, -0.15) is 0 Å². The van der Waals surface area contributed by atoms with E-state index >= 15 is 0 Å². The van der Waals surface area contributed by atoms with Crippen LogP contribution < -0.4 is 0 Å². The van der Waals surface area contributed by atoms with Crippen molar-refractivity contribution < 1.29 is 14.7 Å². The van der Waals surface area contributed by atoms with Crippen molar-refractivity contribution in [2.24, 2.45) is 0 Å². The molecule has 1 heterocycles. The Morgan fingerprint density at radius 1 is 1.03 bits per heavy atom. The summed E-state index contributed by atoms with van der Waals surface area (Å²) in [5.41, 5.74) is 4.26. The maximum atomic E-state index is 13.2. The Morgan fingerprint density at radius 3 is 2.20 bits per heavy atom. The summed E-state index contributed by atoms with van der Waals surface area (Å²) in [5, 5.41) is 10.7. The summed E-state index contributed by atoms with van der Waals surface area (Å²) in [5.74, 6) is -0.0933. The van der Waals surface area contributed by atoms with Crippen LogP contribution in [0.5, 0.6) is 5.75 Å². The van der Waals surface area contributed by atoms with Gasteiger partial charge in [-0.1, -0.05) is 15.9 Å². The molecule has 4 rings (SSSR count). The highest BCUT2D eigenvalue weighted by Crippen LogP contribution is 2.50. The van der Waals surface area contributed by atoms with Crippen molar-refractivity contribution in [1.82, 2.24) is 9.80 Å². The molecule has 1 aromatic carbocycles. The lowest BCUT2D eigenvalue weighted by Gasteiger charge is -2.44. The van der Waals surface area contributed by atoms with Crippen LogP contribution in [-0.4, -0.2) is 53.7 Å². The Balaban J connectivity index is 1.88. The number of phenolic OH excluding ortho intramolecular Hbond substituents is 1. The number of phenols is 1. The molecule has 1 aliphatic heterocycles. The molecule has 0 fully saturated rings. The van der Waals surface area contributed by atoms with E-state index < -0.39 is 5.92 Å². The molecule has 1 aromatic rings. The summed E-state index contributed by atoms with van der Waals surface area (Å²) in [4.78, 5) is 30.8. The molecular weight excluding hydrogens is 444 g/mol. The third-order valence-electron chi connectivity index (χ3n) is 6.37. The summed E-state index contributed by atoms with van der Waals surface area (Å²) >= 11 is 3.50. The van der Waals surface area contributed by atoms with Crippen molar-refractivity contribution in [3.05, 3.63) is 50.8 Å². The van der Waals surface area contributed by atoms with E-state index in [2.05, 4.69) is 39.8 Å². The van der Waals surface area contributed by atoms with Crippen LogP contribution in [0.1, 0.15) is 56.4 Å². The maximum Gasteiger partial charge on any atom is 0.161 e. The smallest absolute Gasteiger partial charge is 0.161 e. The fourth-order valence-electron chi connectivity index (χ4n) is 5.10. The number of ketones is 2. The van der Waals surface area contributed by atoms with Crippen LogP contribution in [0.2, 0.25) is 0 Å². The van der Waals surface area contributed by atoms with Gasteiger partial charge in [0, 0.05) is 57.9 Å². The predicted molar refractivity (Wildman–Crippen MR) is 120 cm³/mol. The molecule has 2 aliphatic carbocycles. The van der Waals surface area contributed by atoms with Gasteiger partial charge in [0.1, 0.15) is 5.75 Å². The molecular formula is C24H29BrN2O3. The van der Waals surface area contributed by atoms with Crippen LogP contribution in [0.15, 0.2) is 45.2 Å². The molecule has 0 aromatic heterocycles. The van der Waals surface area contributed by atoms with Gasteiger partial charge in [0.25, 0.3) is 0 Å². The molecule has 0 saturated carbocycles. The molecule has 6 heteroatoms. The molecule has 0 spiro atoms. The van der Waals surface area contributed by atoms with Gasteiger partial charge in [-0.25, -0.2) is 0 Å². The number of Topliss-reactive ketones (excluding diaryl/α,β-unsaturated/α-hetero) is 2. The molecule has 0 radical (unpaired) electrons.